The minimum absolute atomic E-state index is 0.0531. The number of hydrogen-bond acceptors (Lipinski definition) is 2. The molecule has 0 saturated carbocycles. The van der Waals surface area contributed by atoms with Crippen molar-refractivity contribution >= 4 is 21.5 Å². The first-order valence-electron chi connectivity index (χ1n) is 5.98. The Morgan fingerprint density at radius 1 is 0.722 bits per heavy atom. The van der Waals surface area contributed by atoms with Crippen LogP contribution >= 0.6 is 0 Å². The minimum atomic E-state index is 0.0531. The fraction of sp³-hybridized carbons (Fsp3) is 0.125. The van der Waals surface area contributed by atoms with Gasteiger partial charge in [0.15, 0.2) is 0 Å². The highest BCUT2D eigenvalue weighted by Crippen LogP contribution is 2.28. The molecule has 0 aliphatic rings. The van der Waals surface area contributed by atoms with Gasteiger partial charge in [-0.1, -0.05) is 42.5 Å². The van der Waals surface area contributed by atoms with Crippen LogP contribution in [0.4, 0.5) is 0 Å². The molecule has 0 unspecified atom stereocenters. The second-order valence-corrected chi connectivity index (χ2v) is 4.45. The van der Waals surface area contributed by atoms with Gasteiger partial charge in [-0.2, -0.15) is 0 Å². The second kappa shape index (κ2) is 4.41. The summed E-state index contributed by atoms with van der Waals surface area (Å²) in [5, 5.41) is 23.0. The number of hydrogen-bond donors (Lipinski definition) is 2. The van der Waals surface area contributed by atoms with Crippen molar-refractivity contribution in [1.29, 1.82) is 0 Å². The Morgan fingerprint density at radius 3 is 2.33 bits per heavy atom. The van der Waals surface area contributed by atoms with Gasteiger partial charge in [0.05, 0.1) is 13.2 Å². The molecule has 0 spiro atoms. The summed E-state index contributed by atoms with van der Waals surface area (Å²) in [7, 11) is 0. The molecule has 0 aromatic heterocycles. The van der Waals surface area contributed by atoms with E-state index >= 15 is 0 Å². The zero-order chi connectivity index (χ0) is 12.5. The van der Waals surface area contributed by atoms with Crippen LogP contribution < -0.4 is 0 Å². The quantitative estimate of drug-likeness (QED) is 0.674. The Hall–Kier alpha value is -1.90. The molecule has 3 aromatic carbocycles. The van der Waals surface area contributed by atoms with Crippen molar-refractivity contribution in [2.75, 3.05) is 0 Å². The molecular formula is C16H14O2. The molecule has 0 aliphatic heterocycles. The lowest BCUT2D eigenvalue weighted by atomic mass is 9.97. The highest BCUT2D eigenvalue weighted by molar-refractivity contribution is 6.08. The number of aliphatic hydroxyl groups is 2. The molecular weight excluding hydrogens is 224 g/mol. The van der Waals surface area contributed by atoms with Crippen LogP contribution in [0.25, 0.3) is 21.5 Å². The van der Waals surface area contributed by atoms with Crippen LogP contribution in [0.15, 0.2) is 48.5 Å². The standard InChI is InChI=1S/C16H14O2/c17-9-11-4-6-14-12(8-11)5-7-15-13(10-18)2-1-3-16(14)15/h1-8,17-18H,9-10H2. The van der Waals surface area contributed by atoms with Crippen LogP contribution in [0.1, 0.15) is 11.1 Å². The lowest BCUT2D eigenvalue weighted by molar-refractivity contribution is 0.282. The average molecular weight is 238 g/mol. The minimum Gasteiger partial charge on any atom is -0.392 e. The largest absolute Gasteiger partial charge is 0.392 e. The van der Waals surface area contributed by atoms with Gasteiger partial charge in [-0.25, -0.2) is 0 Å². The molecule has 0 aliphatic carbocycles. The van der Waals surface area contributed by atoms with Gasteiger partial charge in [0.2, 0.25) is 0 Å². The van der Waals surface area contributed by atoms with Crippen molar-refractivity contribution in [2.24, 2.45) is 0 Å². The number of benzene rings is 3. The highest BCUT2D eigenvalue weighted by atomic mass is 16.3. The van der Waals surface area contributed by atoms with E-state index in [1.807, 2.05) is 42.5 Å². The molecule has 0 radical (unpaired) electrons. The van der Waals surface area contributed by atoms with E-state index in [0.29, 0.717) is 0 Å². The van der Waals surface area contributed by atoms with Crippen molar-refractivity contribution in [2.45, 2.75) is 13.2 Å². The highest BCUT2D eigenvalue weighted by Gasteiger charge is 2.04. The molecule has 0 bridgehead atoms. The summed E-state index contributed by atoms with van der Waals surface area (Å²) in [5.74, 6) is 0. The molecule has 0 amide bonds. The zero-order valence-electron chi connectivity index (χ0n) is 9.93. The topological polar surface area (TPSA) is 40.5 Å². The molecule has 18 heavy (non-hydrogen) atoms. The molecule has 2 nitrogen and oxygen atoms in total. The van der Waals surface area contributed by atoms with Gasteiger partial charge >= 0.3 is 0 Å². The van der Waals surface area contributed by atoms with Crippen molar-refractivity contribution in [3.63, 3.8) is 0 Å². The predicted octanol–water partition coefficient (Wildman–Crippen LogP) is 2.98. The lowest BCUT2D eigenvalue weighted by Crippen LogP contribution is -1.88. The maximum Gasteiger partial charge on any atom is 0.0687 e. The molecule has 2 heteroatoms. The third-order valence-electron chi connectivity index (χ3n) is 3.39. The molecule has 3 aromatic rings. The molecule has 0 heterocycles. The smallest absolute Gasteiger partial charge is 0.0687 e. The first-order chi connectivity index (χ1) is 8.83. The summed E-state index contributed by atoms with van der Waals surface area (Å²) in [4.78, 5) is 0. The molecule has 3 rings (SSSR count). The third-order valence-corrected chi connectivity index (χ3v) is 3.39. The maximum absolute atomic E-state index is 9.36. The Morgan fingerprint density at radius 2 is 1.56 bits per heavy atom. The van der Waals surface area contributed by atoms with Crippen LogP contribution in [0.3, 0.4) is 0 Å². The number of rotatable bonds is 2. The Bertz CT molecular complexity index is 717. The summed E-state index contributed by atoms with van der Waals surface area (Å²) < 4.78 is 0. The van der Waals surface area contributed by atoms with E-state index in [-0.39, 0.29) is 13.2 Å². The summed E-state index contributed by atoms with van der Waals surface area (Å²) in [6.07, 6.45) is 0. The van der Waals surface area contributed by atoms with Crippen LogP contribution in [0.2, 0.25) is 0 Å². The van der Waals surface area contributed by atoms with E-state index in [1.54, 1.807) is 0 Å². The van der Waals surface area contributed by atoms with Crippen molar-refractivity contribution in [3.8, 4) is 0 Å². The molecule has 0 fully saturated rings. The summed E-state index contributed by atoms with van der Waals surface area (Å²) in [5.41, 5.74) is 1.86. The van der Waals surface area contributed by atoms with Gasteiger partial charge in [-0.3, -0.25) is 0 Å². The van der Waals surface area contributed by atoms with Gasteiger partial charge in [0, 0.05) is 0 Å². The van der Waals surface area contributed by atoms with Gasteiger partial charge in [-0.15, -0.1) is 0 Å². The average Bonchev–Trinajstić information content (AvgIpc) is 2.45. The Balaban J connectivity index is 2.39. The van der Waals surface area contributed by atoms with E-state index < -0.39 is 0 Å². The molecule has 2 N–H and O–H groups in total. The van der Waals surface area contributed by atoms with Gasteiger partial charge in [-0.05, 0) is 38.7 Å². The first kappa shape index (κ1) is 11.2. The van der Waals surface area contributed by atoms with Crippen molar-refractivity contribution < 1.29 is 10.2 Å². The third kappa shape index (κ3) is 1.67. The Kier molecular flexibility index (Phi) is 2.74. The maximum atomic E-state index is 9.36. The fourth-order valence-corrected chi connectivity index (χ4v) is 2.45. The normalized spacial score (nSPS) is 11.2. The first-order valence-corrected chi connectivity index (χ1v) is 5.98. The van der Waals surface area contributed by atoms with E-state index in [1.165, 1.54) is 0 Å². The molecule has 0 saturated heterocycles. The molecule has 90 valence electrons. The van der Waals surface area contributed by atoms with Gasteiger partial charge in [0.1, 0.15) is 0 Å². The second-order valence-electron chi connectivity index (χ2n) is 4.45. The number of aliphatic hydroxyl groups excluding tert-OH is 2. The van der Waals surface area contributed by atoms with E-state index in [0.717, 1.165) is 32.7 Å². The van der Waals surface area contributed by atoms with Gasteiger partial charge in [0.25, 0.3) is 0 Å². The van der Waals surface area contributed by atoms with E-state index in [4.69, 9.17) is 5.11 Å². The Labute approximate surface area is 105 Å². The fourth-order valence-electron chi connectivity index (χ4n) is 2.45. The van der Waals surface area contributed by atoms with E-state index in [9.17, 15) is 5.11 Å². The number of fused-ring (bicyclic) bond motifs is 3. The van der Waals surface area contributed by atoms with E-state index in [2.05, 4.69) is 6.07 Å². The zero-order valence-corrected chi connectivity index (χ0v) is 9.93. The predicted molar refractivity (Wildman–Crippen MR) is 73.3 cm³/mol. The van der Waals surface area contributed by atoms with Gasteiger partial charge < -0.3 is 10.2 Å². The summed E-state index contributed by atoms with van der Waals surface area (Å²) in [6.45, 7) is 0.113. The SMILES string of the molecule is OCc1ccc2c(ccc3c(CO)cccc32)c1. The monoisotopic (exact) mass is 238 g/mol. The lowest BCUT2D eigenvalue weighted by Gasteiger charge is -2.08. The van der Waals surface area contributed by atoms with Crippen LogP contribution in [-0.4, -0.2) is 10.2 Å². The van der Waals surface area contributed by atoms with Crippen LogP contribution in [0, 0.1) is 0 Å². The van der Waals surface area contributed by atoms with Crippen LogP contribution in [0.5, 0.6) is 0 Å². The summed E-state index contributed by atoms with van der Waals surface area (Å²) >= 11 is 0. The summed E-state index contributed by atoms with van der Waals surface area (Å²) in [6, 6.07) is 16.0. The van der Waals surface area contributed by atoms with Crippen molar-refractivity contribution in [3.05, 3.63) is 59.7 Å². The molecule has 0 atom stereocenters. The van der Waals surface area contributed by atoms with Crippen molar-refractivity contribution in [1.82, 2.24) is 0 Å². The van der Waals surface area contributed by atoms with Crippen LogP contribution in [-0.2, 0) is 13.2 Å².